The van der Waals surface area contributed by atoms with Gasteiger partial charge in [-0.3, -0.25) is 18.7 Å². The van der Waals surface area contributed by atoms with Gasteiger partial charge in [0.2, 0.25) is 0 Å². The van der Waals surface area contributed by atoms with Gasteiger partial charge >= 0.3 is 5.69 Å². The maximum atomic E-state index is 12.8. The Balaban J connectivity index is 2.04. The minimum absolute atomic E-state index is 0.0206. The Kier molecular flexibility index (Phi) is 3.09. The molecule has 6 nitrogen and oxygen atoms in total. The van der Waals surface area contributed by atoms with Gasteiger partial charge in [0.1, 0.15) is 4.83 Å². The van der Waals surface area contributed by atoms with Gasteiger partial charge in [-0.05, 0) is 25.3 Å². The van der Waals surface area contributed by atoms with Gasteiger partial charge in [-0.15, -0.1) is 11.3 Å². The second kappa shape index (κ2) is 4.89. The summed E-state index contributed by atoms with van der Waals surface area (Å²) in [6.07, 6.45) is 2.51. The summed E-state index contributed by atoms with van der Waals surface area (Å²) in [4.78, 5) is 37.9. The van der Waals surface area contributed by atoms with Crippen molar-refractivity contribution in [1.29, 1.82) is 0 Å². The zero-order chi connectivity index (χ0) is 15.4. The Labute approximate surface area is 129 Å². The molecule has 4 rings (SSSR count). The third-order valence-electron chi connectivity index (χ3n) is 4.45. The monoisotopic (exact) mass is 320 g/mol. The topological polar surface area (TPSA) is 70.3 Å². The molecule has 0 unspecified atom stereocenters. The number of nitrogens with zero attached hydrogens (tertiary/aromatic N) is 2. The molecule has 2 aliphatic rings. The number of aldehydes is 1. The van der Waals surface area contributed by atoms with Crippen LogP contribution in [0.25, 0.3) is 10.2 Å². The van der Waals surface area contributed by atoms with Crippen LogP contribution in [-0.4, -0.2) is 28.6 Å². The third kappa shape index (κ3) is 1.92. The quantitative estimate of drug-likeness (QED) is 0.797. The zero-order valence-electron chi connectivity index (χ0n) is 12.2. The van der Waals surface area contributed by atoms with Crippen molar-refractivity contribution in [2.75, 3.05) is 13.2 Å². The molecule has 2 fully saturated rings. The highest BCUT2D eigenvalue weighted by Crippen LogP contribution is 2.34. The average molecular weight is 320 g/mol. The Hall–Kier alpha value is -1.73. The molecule has 0 atom stereocenters. The number of aromatic nitrogens is 2. The lowest BCUT2D eigenvalue weighted by Crippen LogP contribution is -2.42. The number of hydrogen-bond acceptors (Lipinski definition) is 5. The Morgan fingerprint density at radius 2 is 2.05 bits per heavy atom. The maximum Gasteiger partial charge on any atom is 0.332 e. The van der Waals surface area contributed by atoms with Gasteiger partial charge in [0.05, 0.1) is 23.5 Å². The molecule has 0 radical (unpaired) electrons. The highest BCUT2D eigenvalue weighted by atomic mass is 32.1. The first-order valence-electron chi connectivity index (χ1n) is 7.43. The van der Waals surface area contributed by atoms with Crippen molar-refractivity contribution < 1.29 is 9.53 Å². The number of ether oxygens (including phenoxy) is 1. The summed E-state index contributed by atoms with van der Waals surface area (Å²) in [6, 6.07) is 0.0206. The van der Waals surface area contributed by atoms with E-state index in [1.807, 2.05) is 0 Å². The highest BCUT2D eigenvalue weighted by Gasteiger charge is 2.31. The number of rotatable bonds is 4. The van der Waals surface area contributed by atoms with Crippen LogP contribution in [0.4, 0.5) is 0 Å². The van der Waals surface area contributed by atoms with Crippen LogP contribution in [0.5, 0.6) is 0 Å². The molecule has 0 N–H and O–H groups in total. The van der Waals surface area contributed by atoms with E-state index in [4.69, 9.17) is 4.74 Å². The van der Waals surface area contributed by atoms with E-state index >= 15 is 0 Å². The van der Waals surface area contributed by atoms with Crippen molar-refractivity contribution in [2.45, 2.75) is 32.4 Å². The molecule has 0 aromatic carbocycles. The normalized spacial score (nSPS) is 18.6. The van der Waals surface area contributed by atoms with Crippen molar-refractivity contribution in [3.8, 4) is 0 Å². The van der Waals surface area contributed by atoms with E-state index in [-0.39, 0.29) is 17.3 Å². The summed E-state index contributed by atoms with van der Waals surface area (Å²) >= 11 is 1.24. The lowest BCUT2D eigenvalue weighted by atomic mass is 10.1. The molecule has 22 heavy (non-hydrogen) atoms. The largest absolute Gasteiger partial charge is 0.381 e. The minimum atomic E-state index is -0.245. The first-order chi connectivity index (χ1) is 10.6. The van der Waals surface area contributed by atoms with Gasteiger partial charge in [-0.2, -0.15) is 0 Å². The van der Waals surface area contributed by atoms with Crippen LogP contribution in [0.1, 0.15) is 34.1 Å². The van der Waals surface area contributed by atoms with E-state index in [9.17, 15) is 14.4 Å². The molecule has 3 heterocycles. The van der Waals surface area contributed by atoms with Crippen LogP contribution in [0, 0.1) is 12.8 Å². The third-order valence-corrected chi connectivity index (χ3v) is 5.69. The fourth-order valence-corrected chi connectivity index (χ4v) is 4.07. The van der Waals surface area contributed by atoms with E-state index < -0.39 is 0 Å². The number of aryl methyl sites for hydroxylation is 1. The van der Waals surface area contributed by atoms with Crippen molar-refractivity contribution in [3.63, 3.8) is 0 Å². The minimum Gasteiger partial charge on any atom is -0.381 e. The average Bonchev–Trinajstić information content (AvgIpc) is 3.20. The predicted molar refractivity (Wildman–Crippen MR) is 83.0 cm³/mol. The molecule has 7 heteroatoms. The summed E-state index contributed by atoms with van der Waals surface area (Å²) in [5, 5.41) is 0.527. The summed E-state index contributed by atoms with van der Waals surface area (Å²) in [7, 11) is 0. The Morgan fingerprint density at radius 3 is 2.59 bits per heavy atom. The molecule has 0 bridgehead atoms. The lowest BCUT2D eigenvalue weighted by Gasteiger charge is -2.27. The van der Waals surface area contributed by atoms with Crippen molar-refractivity contribution in [1.82, 2.24) is 9.13 Å². The molecule has 0 amide bonds. The second-order valence-corrected chi connectivity index (χ2v) is 7.12. The van der Waals surface area contributed by atoms with E-state index in [1.54, 1.807) is 11.5 Å². The van der Waals surface area contributed by atoms with E-state index in [0.717, 1.165) is 19.1 Å². The van der Waals surface area contributed by atoms with E-state index in [1.165, 1.54) is 15.9 Å². The van der Waals surface area contributed by atoms with Gasteiger partial charge < -0.3 is 4.74 Å². The molecule has 0 spiro atoms. The van der Waals surface area contributed by atoms with Crippen LogP contribution >= 0.6 is 11.3 Å². The standard InChI is InChI=1S/C15H16N2O4S/c1-8-11(5-18)22-14-12(8)13(19)17(10-2-3-10)15(20)16(14)4-9-6-21-7-9/h5,9-10H,2-4,6-7H2,1H3. The Morgan fingerprint density at radius 1 is 1.32 bits per heavy atom. The summed E-state index contributed by atoms with van der Waals surface area (Å²) in [5.41, 5.74) is 0.198. The highest BCUT2D eigenvalue weighted by molar-refractivity contribution is 7.20. The second-order valence-electron chi connectivity index (χ2n) is 6.09. The summed E-state index contributed by atoms with van der Waals surface area (Å²) in [5.74, 6) is 0.299. The van der Waals surface area contributed by atoms with Gasteiger partial charge in [-0.25, -0.2) is 4.79 Å². The van der Waals surface area contributed by atoms with Gasteiger partial charge in [0.15, 0.2) is 6.29 Å². The fourth-order valence-electron chi connectivity index (χ4n) is 2.96. The number of fused-ring (bicyclic) bond motifs is 1. The van der Waals surface area contributed by atoms with E-state index in [0.29, 0.717) is 46.3 Å². The van der Waals surface area contributed by atoms with Gasteiger partial charge in [-0.1, -0.05) is 0 Å². The zero-order valence-corrected chi connectivity index (χ0v) is 13.0. The molecule has 2 aromatic heterocycles. The van der Waals surface area contributed by atoms with Crippen LogP contribution < -0.4 is 11.2 Å². The molecule has 1 saturated carbocycles. The van der Waals surface area contributed by atoms with Gasteiger partial charge in [0.25, 0.3) is 5.56 Å². The van der Waals surface area contributed by atoms with Crippen LogP contribution in [0.2, 0.25) is 0 Å². The SMILES string of the molecule is Cc1c(C=O)sc2c1c(=O)n(C1CC1)c(=O)n2CC1COC1. The molecule has 1 saturated heterocycles. The Bertz CT molecular complexity index is 884. The van der Waals surface area contributed by atoms with E-state index in [2.05, 4.69) is 0 Å². The summed E-state index contributed by atoms with van der Waals surface area (Å²) in [6.45, 7) is 3.60. The number of carbonyl (C=O) groups is 1. The van der Waals surface area contributed by atoms with Crippen LogP contribution in [0.3, 0.4) is 0 Å². The molecular formula is C15H16N2O4S. The van der Waals surface area contributed by atoms with Crippen molar-refractivity contribution in [3.05, 3.63) is 31.3 Å². The predicted octanol–water partition coefficient (Wildman–Crippen LogP) is 1.33. The van der Waals surface area contributed by atoms with Crippen LogP contribution in [0.15, 0.2) is 9.59 Å². The molecular weight excluding hydrogens is 304 g/mol. The number of thiophene rings is 1. The van der Waals surface area contributed by atoms with Gasteiger partial charge in [0, 0.05) is 18.5 Å². The molecule has 1 aliphatic carbocycles. The van der Waals surface area contributed by atoms with Crippen molar-refractivity contribution in [2.24, 2.45) is 5.92 Å². The fraction of sp³-hybridized carbons (Fsp3) is 0.533. The first kappa shape index (κ1) is 13.9. The van der Waals surface area contributed by atoms with Crippen molar-refractivity contribution >= 4 is 27.8 Å². The number of hydrogen-bond donors (Lipinski definition) is 0. The molecule has 116 valence electrons. The molecule has 1 aliphatic heterocycles. The first-order valence-corrected chi connectivity index (χ1v) is 8.24. The smallest absolute Gasteiger partial charge is 0.332 e. The number of carbonyl (C=O) groups excluding carboxylic acids is 1. The molecule has 2 aromatic rings. The van der Waals surface area contributed by atoms with Crippen LogP contribution in [-0.2, 0) is 11.3 Å². The summed E-state index contributed by atoms with van der Waals surface area (Å²) < 4.78 is 8.24. The lowest BCUT2D eigenvalue weighted by molar-refractivity contribution is -0.0394. The maximum absolute atomic E-state index is 12.8.